The van der Waals surface area contributed by atoms with Gasteiger partial charge in [-0.15, -0.1) is 0 Å². The molecule has 0 heterocycles. The van der Waals surface area contributed by atoms with Crippen LogP contribution in [0.15, 0.2) is 36.4 Å². The predicted octanol–water partition coefficient (Wildman–Crippen LogP) is 5.34. The van der Waals surface area contributed by atoms with Gasteiger partial charge < -0.3 is 14.9 Å². The standard InChI is InChI=1S/C27H36N2O4/c1-6-23(30)28(26-19(2)11-7-12-20(26)3)17-9-15-24(31)29(18-10-16-25(32)33)27-21(4)13-8-14-22(27)5/h7-8,11-14H,6,9-10,15-18H2,1-5H3,(H,32,33). The quantitative estimate of drug-likeness (QED) is 0.499. The fourth-order valence-electron chi connectivity index (χ4n) is 4.29. The SMILES string of the molecule is CCC(=O)N(CCCC(=O)N(CCCC(=O)O)c1c(C)cccc1C)c1c(C)cccc1C. The van der Waals surface area contributed by atoms with E-state index in [-0.39, 0.29) is 24.7 Å². The maximum Gasteiger partial charge on any atom is 0.303 e. The van der Waals surface area contributed by atoms with Crippen LogP contribution in [0, 0.1) is 27.7 Å². The van der Waals surface area contributed by atoms with Gasteiger partial charge in [-0.2, -0.15) is 0 Å². The van der Waals surface area contributed by atoms with Crippen LogP contribution in [-0.4, -0.2) is 36.0 Å². The second-order valence-electron chi connectivity index (χ2n) is 8.53. The fourth-order valence-corrected chi connectivity index (χ4v) is 4.29. The molecule has 2 rings (SSSR count). The number of carboxylic acids is 1. The van der Waals surface area contributed by atoms with E-state index in [9.17, 15) is 14.4 Å². The summed E-state index contributed by atoms with van der Waals surface area (Å²) in [6.07, 6.45) is 1.60. The van der Waals surface area contributed by atoms with Crippen molar-refractivity contribution in [1.29, 1.82) is 0 Å². The van der Waals surface area contributed by atoms with E-state index in [4.69, 9.17) is 5.11 Å². The third-order valence-corrected chi connectivity index (χ3v) is 5.87. The van der Waals surface area contributed by atoms with Crippen molar-refractivity contribution in [2.24, 2.45) is 0 Å². The van der Waals surface area contributed by atoms with Crippen LogP contribution in [0.3, 0.4) is 0 Å². The first-order valence-corrected chi connectivity index (χ1v) is 11.6. The molecule has 2 aromatic carbocycles. The molecule has 178 valence electrons. The van der Waals surface area contributed by atoms with Crippen molar-refractivity contribution in [3.8, 4) is 0 Å². The van der Waals surface area contributed by atoms with Gasteiger partial charge >= 0.3 is 5.97 Å². The lowest BCUT2D eigenvalue weighted by molar-refractivity contribution is -0.137. The Balaban J connectivity index is 2.19. The van der Waals surface area contributed by atoms with Gasteiger partial charge in [0.25, 0.3) is 0 Å². The molecule has 0 fully saturated rings. The first-order valence-electron chi connectivity index (χ1n) is 11.6. The smallest absolute Gasteiger partial charge is 0.303 e. The van der Waals surface area contributed by atoms with Gasteiger partial charge in [-0.3, -0.25) is 14.4 Å². The van der Waals surface area contributed by atoms with E-state index in [2.05, 4.69) is 0 Å². The molecule has 33 heavy (non-hydrogen) atoms. The van der Waals surface area contributed by atoms with Crippen molar-refractivity contribution in [3.63, 3.8) is 0 Å². The second-order valence-corrected chi connectivity index (χ2v) is 8.53. The maximum atomic E-state index is 13.3. The lowest BCUT2D eigenvalue weighted by atomic mass is 10.1. The summed E-state index contributed by atoms with van der Waals surface area (Å²) in [5, 5.41) is 9.03. The lowest BCUT2D eigenvalue weighted by Gasteiger charge is -2.28. The van der Waals surface area contributed by atoms with E-state index in [1.165, 1.54) is 0 Å². The molecule has 2 amide bonds. The number of aryl methyl sites for hydroxylation is 4. The third-order valence-electron chi connectivity index (χ3n) is 5.87. The van der Waals surface area contributed by atoms with Crippen LogP contribution in [0.1, 0.15) is 61.3 Å². The Morgan fingerprint density at radius 3 is 1.48 bits per heavy atom. The maximum absolute atomic E-state index is 13.3. The minimum absolute atomic E-state index is 0.0139. The third kappa shape index (κ3) is 6.91. The zero-order chi connectivity index (χ0) is 24.5. The second kappa shape index (κ2) is 12.2. The monoisotopic (exact) mass is 452 g/mol. The molecule has 0 aliphatic rings. The van der Waals surface area contributed by atoms with Gasteiger partial charge in [0, 0.05) is 43.7 Å². The number of benzene rings is 2. The molecular formula is C27H36N2O4. The van der Waals surface area contributed by atoms with Crippen molar-refractivity contribution in [2.45, 2.75) is 66.7 Å². The van der Waals surface area contributed by atoms with Crippen LogP contribution >= 0.6 is 0 Å². The Morgan fingerprint density at radius 1 is 0.697 bits per heavy atom. The number of carboxylic acid groups (broad SMARTS) is 1. The minimum atomic E-state index is -0.869. The van der Waals surface area contributed by atoms with E-state index in [1.807, 2.05) is 71.0 Å². The van der Waals surface area contributed by atoms with Gasteiger partial charge in [0.2, 0.25) is 11.8 Å². The van der Waals surface area contributed by atoms with Crippen LogP contribution in [0.2, 0.25) is 0 Å². The van der Waals surface area contributed by atoms with Gasteiger partial charge in [-0.05, 0) is 62.8 Å². The van der Waals surface area contributed by atoms with Gasteiger partial charge in [0.15, 0.2) is 0 Å². The molecule has 0 saturated carbocycles. The van der Waals surface area contributed by atoms with Crippen molar-refractivity contribution in [3.05, 3.63) is 58.7 Å². The number of para-hydroxylation sites is 2. The number of nitrogens with zero attached hydrogens (tertiary/aromatic N) is 2. The highest BCUT2D eigenvalue weighted by atomic mass is 16.4. The normalized spacial score (nSPS) is 10.7. The Labute approximate surface area is 197 Å². The first-order chi connectivity index (χ1) is 15.7. The van der Waals surface area contributed by atoms with Crippen molar-refractivity contribution >= 4 is 29.2 Å². The Hall–Kier alpha value is -3.15. The Bertz CT molecular complexity index is 959. The van der Waals surface area contributed by atoms with E-state index >= 15 is 0 Å². The van der Waals surface area contributed by atoms with Crippen LogP contribution in [0.25, 0.3) is 0 Å². The van der Waals surface area contributed by atoms with Gasteiger partial charge in [-0.1, -0.05) is 43.3 Å². The van der Waals surface area contributed by atoms with Crippen molar-refractivity contribution in [1.82, 2.24) is 0 Å². The molecule has 0 aromatic heterocycles. The summed E-state index contributed by atoms with van der Waals surface area (Å²) in [7, 11) is 0. The average Bonchev–Trinajstić information content (AvgIpc) is 2.75. The molecule has 0 unspecified atom stereocenters. The van der Waals surface area contributed by atoms with Crippen molar-refractivity contribution in [2.75, 3.05) is 22.9 Å². The zero-order valence-corrected chi connectivity index (χ0v) is 20.5. The Morgan fingerprint density at radius 2 is 1.09 bits per heavy atom. The zero-order valence-electron chi connectivity index (χ0n) is 20.5. The van der Waals surface area contributed by atoms with Crippen LogP contribution in [0.4, 0.5) is 11.4 Å². The predicted molar refractivity (Wildman–Crippen MR) is 133 cm³/mol. The average molecular weight is 453 g/mol. The highest BCUT2D eigenvalue weighted by molar-refractivity contribution is 5.96. The number of rotatable bonds is 11. The minimum Gasteiger partial charge on any atom is -0.481 e. The molecule has 0 aliphatic heterocycles. The summed E-state index contributed by atoms with van der Waals surface area (Å²) in [5.41, 5.74) is 5.81. The largest absolute Gasteiger partial charge is 0.481 e. The number of aliphatic carboxylic acids is 1. The first kappa shape index (κ1) is 26.1. The molecule has 0 aliphatic carbocycles. The summed E-state index contributed by atoms with van der Waals surface area (Å²) in [5.74, 6) is -0.887. The summed E-state index contributed by atoms with van der Waals surface area (Å²) in [4.78, 5) is 40.5. The summed E-state index contributed by atoms with van der Waals surface area (Å²) >= 11 is 0. The molecule has 0 radical (unpaired) electrons. The molecular weight excluding hydrogens is 416 g/mol. The fraction of sp³-hybridized carbons (Fsp3) is 0.444. The topological polar surface area (TPSA) is 77.9 Å². The molecule has 0 saturated heterocycles. The van der Waals surface area contributed by atoms with E-state index in [0.29, 0.717) is 32.4 Å². The number of hydrogen-bond donors (Lipinski definition) is 1. The molecule has 6 heteroatoms. The van der Waals surface area contributed by atoms with E-state index in [0.717, 1.165) is 33.6 Å². The molecule has 1 N–H and O–H groups in total. The van der Waals surface area contributed by atoms with Crippen molar-refractivity contribution < 1.29 is 19.5 Å². The van der Waals surface area contributed by atoms with E-state index in [1.54, 1.807) is 9.80 Å². The molecule has 0 bridgehead atoms. The van der Waals surface area contributed by atoms with E-state index < -0.39 is 5.97 Å². The van der Waals surface area contributed by atoms with Gasteiger partial charge in [0.05, 0.1) is 0 Å². The summed E-state index contributed by atoms with van der Waals surface area (Å²) in [6.45, 7) is 10.6. The number of carbonyl (C=O) groups is 3. The van der Waals surface area contributed by atoms with Crippen LogP contribution in [0.5, 0.6) is 0 Å². The molecule has 2 aromatic rings. The summed E-state index contributed by atoms with van der Waals surface area (Å²) in [6, 6.07) is 11.8. The number of amides is 2. The highest BCUT2D eigenvalue weighted by Gasteiger charge is 2.22. The van der Waals surface area contributed by atoms with Crippen LogP contribution in [-0.2, 0) is 14.4 Å². The number of carbonyl (C=O) groups excluding carboxylic acids is 2. The molecule has 6 nitrogen and oxygen atoms in total. The number of hydrogen-bond acceptors (Lipinski definition) is 3. The Kier molecular flexibility index (Phi) is 9.64. The number of anilines is 2. The molecule has 0 spiro atoms. The van der Waals surface area contributed by atoms with Gasteiger partial charge in [0.1, 0.15) is 0 Å². The highest BCUT2D eigenvalue weighted by Crippen LogP contribution is 2.28. The summed E-state index contributed by atoms with van der Waals surface area (Å²) < 4.78 is 0. The lowest BCUT2D eigenvalue weighted by Crippen LogP contribution is -2.36. The van der Waals surface area contributed by atoms with Crippen LogP contribution < -0.4 is 9.80 Å². The van der Waals surface area contributed by atoms with Gasteiger partial charge in [-0.25, -0.2) is 0 Å². The molecule has 0 atom stereocenters.